The van der Waals surface area contributed by atoms with Crippen LogP contribution >= 0.6 is 22.7 Å². The summed E-state index contributed by atoms with van der Waals surface area (Å²) in [5.74, 6) is -0.409. The molecule has 2 aromatic rings. The molecule has 0 saturated carbocycles. The molecule has 0 atom stereocenters. The van der Waals surface area contributed by atoms with E-state index in [-0.39, 0.29) is 42.2 Å². The number of sulfonamides is 1. The number of hydrogen-bond acceptors (Lipinski definition) is 7. The zero-order valence-electron chi connectivity index (χ0n) is 14.6. The van der Waals surface area contributed by atoms with Crippen molar-refractivity contribution in [3.8, 4) is 0 Å². The first-order valence-electron chi connectivity index (χ1n) is 8.05. The summed E-state index contributed by atoms with van der Waals surface area (Å²) >= 11 is 1.85. The number of aromatic amines is 1. The lowest BCUT2D eigenvalue weighted by Crippen LogP contribution is -2.50. The first-order valence-corrected chi connectivity index (χ1v) is 11.1. The van der Waals surface area contributed by atoms with Gasteiger partial charge in [-0.15, -0.1) is 11.3 Å². The highest BCUT2D eigenvalue weighted by atomic mass is 32.2. The molecule has 0 unspecified atom stereocenters. The number of nitrogens with one attached hydrogen (secondary N) is 2. The average molecular weight is 431 g/mol. The Morgan fingerprint density at radius 3 is 2.37 bits per heavy atom. The van der Waals surface area contributed by atoms with E-state index in [0.717, 1.165) is 0 Å². The van der Waals surface area contributed by atoms with Gasteiger partial charge < -0.3 is 15.2 Å². The predicted molar refractivity (Wildman–Crippen MR) is 103 cm³/mol. The Balaban J connectivity index is 1.67. The fourth-order valence-electron chi connectivity index (χ4n) is 2.73. The zero-order valence-corrected chi connectivity index (χ0v) is 17.1. The van der Waals surface area contributed by atoms with Crippen LogP contribution in [0.25, 0.3) is 0 Å². The van der Waals surface area contributed by atoms with Gasteiger partial charge >= 0.3 is 4.87 Å². The van der Waals surface area contributed by atoms with Gasteiger partial charge in [-0.05, 0) is 19.1 Å². The molecule has 146 valence electrons. The summed E-state index contributed by atoms with van der Waals surface area (Å²) in [7, 11) is -3.76. The molecule has 0 aromatic carbocycles. The Bertz CT molecular complexity index is 1030. The molecule has 0 radical (unpaired) electrons. The number of thiazole rings is 1. The van der Waals surface area contributed by atoms with Crippen molar-refractivity contribution < 1.29 is 18.0 Å². The van der Waals surface area contributed by atoms with Gasteiger partial charge in [0.05, 0.1) is 9.88 Å². The van der Waals surface area contributed by atoms with E-state index in [1.54, 1.807) is 24.0 Å². The number of thiophene rings is 1. The number of piperazine rings is 1. The van der Waals surface area contributed by atoms with E-state index >= 15 is 0 Å². The second-order valence-electron chi connectivity index (χ2n) is 5.97. The molecular weight excluding hydrogens is 412 g/mol. The van der Waals surface area contributed by atoms with Crippen LogP contribution in [-0.4, -0.2) is 60.6 Å². The van der Waals surface area contributed by atoms with Gasteiger partial charge in [0.25, 0.3) is 15.9 Å². The molecule has 1 aliphatic rings. The first kappa shape index (κ1) is 19.7. The minimum absolute atomic E-state index is 0.0190. The SMILES string of the molecule is CC(=O)Nc1ccc(C(=O)N2CCN(S(=O)(=O)c3sc(=O)[nH]c3C)CC2)s1. The van der Waals surface area contributed by atoms with E-state index in [1.807, 2.05) is 0 Å². The number of aromatic nitrogens is 1. The van der Waals surface area contributed by atoms with E-state index in [9.17, 15) is 22.8 Å². The van der Waals surface area contributed by atoms with E-state index in [2.05, 4.69) is 10.3 Å². The third kappa shape index (κ3) is 4.13. The van der Waals surface area contributed by atoms with Crippen molar-refractivity contribution in [2.75, 3.05) is 31.5 Å². The Morgan fingerprint density at radius 2 is 1.81 bits per heavy atom. The topological polar surface area (TPSA) is 120 Å². The van der Waals surface area contributed by atoms with E-state index in [1.165, 1.54) is 22.6 Å². The van der Waals surface area contributed by atoms with Crippen molar-refractivity contribution in [2.24, 2.45) is 0 Å². The van der Waals surface area contributed by atoms with Crippen LogP contribution < -0.4 is 10.2 Å². The largest absolute Gasteiger partial charge is 0.335 e. The van der Waals surface area contributed by atoms with Gasteiger partial charge in [-0.1, -0.05) is 11.3 Å². The minimum Gasteiger partial charge on any atom is -0.335 e. The van der Waals surface area contributed by atoms with Crippen LogP contribution in [0.3, 0.4) is 0 Å². The monoisotopic (exact) mass is 430 g/mol. The summed E-state index contributed by atoms with van der Waals surface area (Å²) in [5.41, 5.74) is 0.326. The lowest BCUT2D eigenvalue weighted by molar-refractivity contribution is -0.114. The number of amides is 2. The molecule has 2 aromatic heterocycles. The number of aryl methyl sites for hydroxylation is 1. The van der Waals surface area contributed by atoms with Gasteiger partial charge in [0.1, 0.15) is 0 Å². The first-order chi connectivity index (χ1) is 12.7. The Hall–Kier alpha value is -2.02. The van der Waals surface area contributed by atoms with Gasteiger partial charge in [-0.25, -0.2) is 8.42 Å². The fourth-order valence-corrected chi connectivity index (χ4v) is 6.51. The van der Waals surface area contributed by atoms with Crippen molar-refractivity contribution >= 4 is 49.5 Å². The normalized spacial score (nSPS) is 15.7. The number of anilines is 1. The molecule has 2 amide bonds. The molecule has 0 aliphatic carbocycles. The molecule has 3 heterocycles. The van der Waals surface area contributed by atoms with Crippen LogP contribution in [0.5, 0.6) is 0 Å². The Labute approximate surface area is 163 Å². The standard InChI is InChI=1S/C15H18N4O5S3/c1-9-14(26-15(22)16-9)27(23,24)19-7-5-18(6-8-19)13(21)11-3-4-12(25-11)17-10(2)20/h3-4H,5-8H2,1-2H3,(H,16,22)(H,17,20). The molecule has 1 fully saturated rings. The van der Waals surface area contributed by atoms with Gasteiger partial charge in [-0.3, -0.25) is 14.4 Å². The van der Waals surface area contributed by atoms with Crippen LogP contribution in [0.1, 0.15) is 22.3 Å². The lowest BCUT2D eigenvalue weighted by Gasteiger charge is -2.33. The van der Waals surface area contributed by atoms with Crippen molar-refractivity contribution in [3.05, 3.63) is 32.4 Å². The molecule has 12 heteroatoms. The molecular formula is C15H18N4O5S3. The smallest absolute Gasteiger partial charge is 0.305 e. The molecule has 0 bridgehead atoms. The lowest BCUT2D eigenvalue weighted by atomic mass is 10.3. The third-order valence-electron chi connectivity index (χ3n) is 4.00. The number of nitrogens with zero attached hydrogens (tertiary/aromatic N) is 2. The maximum atomic E-state index is 12.7. The molecule has 1 aliphatic heterocycles. The molecule has 9 nitrogen and oxygen atoms in total. The van der Waals surface area contributed by atoms with Crippen LogP contribution in [0.4, 0.5) is 5.00 Å². The Kier molecular flexibility index (Phi) is 5.51. The van der Waals surface area contributed by atoms with Crippen LogP contribution in [0, 0.1) is 6.92 Å². The van der Waals surface area contributed by atoms with Crippen LogP contribution in [0.2, 0.25) is 0 Å². The molecule has 2 N–H and O–H groups in total. The summed E-state index contributed by atoms with van der Waals surface area (Å²) in [5, 5.41) is 3.22. The quantitative estimate of drug-likeness (QED) is 0.747. The Morgan fingerprint density at radius 1 is 1.15 bits per heavy atom. The zero-order chi connectivity index (χ0) is 19.8. The number of carbonyl (C=O) groups excluding carboxylic acids is 2. The number of carbonyl (C=O) groups is 2. The molecule has 27 heavy (non-hydrogen) atoms. The number of hydrogen-bond donors (Lipinski definition) is 2. The van der Waals surface area contributed by atoms with Crippen LogP contribution in [-0.2, 0) is 14.8 Å². The summed E-state index contributed by atoms with van der Waals surface area (Å²) in [6.07, 6.45) is 0. The van der Waals surface area contributed by atoms with Crippen LogP contribution in [0.15, 0.2) is 21.1 Å². The summed E-state index contributed by atoms with van der Waals surface area (Å²) in [6, 6.07) is 3.30. The van der Waals surface area contributed by atoms with E-state index in [0.29, 0.717) is 26.9 Å². The second-order valence-corrected chi connectivity index (χ2v) is 10.2. The second kappa shape index (κ2) is 7.54. The minimum atomic E-state index is -3.76. The van der Waals surface area contributed by atoms with Crippen molar-refractivity contribution in [1.29, 1.82) is 0 Å². The van der Waals surface area contributed by atoms with E-state index in [4.69, 9.17) is 0 Å². The highest BCUT2D eigenvalue weighted by Crippen LogP contribution is 2.25. The van der Waals surface area contributed by atoms with Gasteiger partial charge in [0.15, 0.2) is 4.21 Å². The number of H-pyrrole nitrogens is 1. The fraction of sp³-hybridized carbons (Fsp3) is 0.400. The third-order valence-corrected chi connectivity index (χ3v) is 8.47. The average Bonchev–Trinajstić information content (AvgIpc) is 3.20. The summed E-state index contributed by atoms with van der Waals surface area (Å²) in [4.78, 5) is 39.2. The molecule has 0 spiro atoms. The summed E-state index contributed by atoms with van der Waals surface area (Å²) in [6.45, 7) is 3.76. The predicted octanol–water partition coefficient (Wildman–Crippen LogP) is 0.911. The van der Waals surface area contributed by atoms with Gasteiger partial charge in [-0.2, -0.15) is 4.31 Å². The summed E-state index contributed by atoms with van der Waals surface area (Å²) < 4.78 is 26.7. The van der Waals surface area contributed by atoms with Gasteiger partial charge in [0.2, 0.25) is 5.91 Å². The maximum absolute atomic E-state index is 12.7. The van der Waals surface area contributed by atoms with Crippen molar-refractivity contribution in [2.45, 2.75) is 18.1 Å². The highest BCUT2D eigenvalue weighted by molar-refractivity contribution is 7.91. The molecule has 3 rings (SSSR count). The van der Waals surface area contributed by atoms with Crippen molar-refractivity contribution in [1.82, 2.24) is 14.2 Å². The van der Waals surface area contributed by atoms with Crippen molar-refractivity contribution in [3.63, 3.8) is 0 Å². The highest BCUT2D eigenvalue weighted by Gasteiger charge is 2.33. The number of rotatable bonds is 4. The molecule has 1 saturated heterocycles. The maximum Gasteiger partial charge on any atom is 0.305 e. The van der Waals surface area contributed by atoms with E-state index < -0.39 is 14.9 Å². The van der Waals surface area contributed by atoms with Gasteiger partial charge in [0, 0.05) is 38.8 Å².